The number of cyclic esters (lactones) is 1. The van der Waals surface area contributed by atoms with Gasteiger partial charge in [0.05, 0.1) is 40.6 Å². The average molecular weight is 753 g/mol. The van der Waals surface area contributed by atoms with Gasteiger partial charge in [-0.15, -0.1) is 0 Å². The lowest BCUT2D eigenvalue weighted by Crippen LogP contribution is -2.63. The number of ether oxygens (including phenoxy) is 9. The fourth-order valence-corrected chi connectivity index (χ4v) is 7.16. The van der Waals surface area contributed by atoms with E-state index in [4.69, 9.17) is 42.6 Å². The number of carbonyl (C=O) groups is 2. The van der Waals surface area contributed by atoms with Gasteiger partial charge in [-0.25, -0.2) is 4.79 Å². The third-order valence-corrected chi connectivity index (χ3v) is 9.84. The van der Waals surface area contributed by atoms with Crippen LogP contribution in [0.25, 0.3) is 6.08 Å². The molecule has 0 radical (unpaired) electrons. The molecule has 8 N–H and O–H groups in total. The molecule has 1 unspecified atom stereocenters. The number of methoxy groups -OCH3 is 4. The molecule has 2 aromatic carbocycles. The molecule has 2 bridgehead atoms. The van der Waals surface area contributed by atoms with Crippen molar-refractivity contribution in [3.05, 3.63) is 40.5 Å². The number of carbonyl (C=O) groups excluding carboxylic acids is 2. The van der Waals surface area contributed by atoms with Gasteiger partial charge in [0.15, 0.2) is 35.4 Å². The van der Waals surface area contributed by atoms with E-state index >= 15 is 0 Å². The molecule has 19 nitrogen and oxygen atoms in total. The summed E-state index contributed by atoms with van der Waals surface area (Å²) >= 11 is 0. The summed E-state index contributed by atoms with van der Waals surface area (Å²) in [6.07, 6.45) is -13.5. The highest BCUT2D eigenvalue weighted by atomic mass is 16.8. The first-order valence-electron chi connectivity index (χ1n) is 16.3. The number of rotatable bonds is 7. The van der Waals surface area contributed by atoms with Crippen molar-refractivity contribution < 1.29 is 93.1 Å². The maximum Gasteiger partial charge on any atom is 0.335 e. The molecule has 1 aliphatic carbocycles. The number of esters is 2. The summed E-state index contributed by atoms with van der Waals surface area (Å²) in [5.74, 6) is -9.46. The van der Waals surface area contributed by atoms with E-state index in [9.17, 15) is 50.4 Å². The molecule has 3 heterocycles. The summed E-state index contributed by atoms with van der Waals surface area (Å²) < 4.78 is 50.3. The Labute approximate surface area is 301 Å². The molecule has 0 amide bonds. The van der Waals surface area contributed by atoms with Crippen molar-refractivity contribution >= 4 is 18.0 Å². The first-order chi connectivity index (χ1) is 25.3. The minimum absolute atomic E-state index is 0.0928. The highest BCUT2D eigenvalue weighted by molar-refractivity contribution is 6.02. The number of aromatic hydroxyl groups is 2. The number of aliphatic hydroxyl groups is 6. The first kappa shape index (κ1) is 38.3. The van der Waals surface area contributed by atoms with Gasteiger partial charge >= 0.3 is 11.9 Å². The second-order valence-corrected chi connectivity index (χ2v) is 12.7. The molecule has 53 heavy (non-hydrogen) atoms. The Hall–Kier alpha value is -4.44. The van der Waals surface area contributed by atoms with Crippen molar-refractivity contribution in [2.45, 2.75) is 60.7 Å². The second kappa shape index (κ2) is 14.8. The van der Waals surface area contributed by atoms with E-state index in [1.54, 1.807) is 0 Å². The maximum absolute atomic E-state index is 14.5. The Morgan fingerprint density at radius 1 is 0.792 bits per heavy atom. The molecule has 3 fully saturated rings. The zero-order chi connectivity index (χ0) is 38.5. The highest BCUT2D eigenvalue weighted by Gasteiger charge is 2.62. The largest absolute Gasteiger partial charge is 0.502 e. The minimum atomic E-state index is -2.54. The Bertz CT molecular complexity index is 1740. The van der Waals surface area contributed by atoms with E-state index in [0.717, 1.165) is 0 Å². The van der Waals surface area contributed by atoms with Gasteiger partial charge in [-0.1, -0.05) is 0 Å². The zero-order valence-electron chi connectivity index (χ0n) is 28.8. The molecule has 3 aliphatic heterocycles. The van der Waals surface area contributed by atoms with Crippen molar-refractivity contribution in [2.75, 3.05) is 48.3 Å². The molecule has 0 aromatic heterocycles. The first-order valence-corrected chi connectivity index (χ1v) is 16.3. The fourth-order valence-electron chi connectivity index (χ4n) is 7.16. The van der Waals surface area contributed by atoms with Crippen LogP contribution in [0.2, 0.25) is 0 Å². The minimum Gasteiger partial charge on any atom is -0.502 e. The topological polar surface area (TPSA) is 279 Å². The quantitative estimate of drug-likeness (QED) is 0.142. The predicted octanol–water partition coefficient (Wildman–Crippen LogP) is -1.99. The molecule has 0 spiro atoms. The number of benzene rings is 2. The molecule has 0 saturated carbocycles. The van der Waals surface area contributed by atoms with E-state index in [2.05, 4.69) is 0 Å². The number of phenolic OH excluding ortho intramolecular Hbond substituents is 2. The van der Waals surface area contributed by atoms with Gasteiger partial charge in [-0.05, 0) is 35.4 Å². The lowest BCUT2D eigenvalue weighted by Gasteiger charge is -2.43. The molecule has 11 atom stereocenters. The Kier molecular flexibility index (Phi) is 10.7. The van der Waals surface area contributed by atoms with Crippen molar-refractivity contribution in [3.63, 3.8) is 0 Å². The van der Waals surface area contributed by atoms with Crippen LogP contribution < -0.4 is 18.9 Å². The van der Waals surface area contributed by atoms with Crippen LogP contribution in [0.15, 0.2) is 23.8 Å². The Morgan fingerprint density at radius 3 is 2.02 bits per heavy atom. The molecule has 4 aliphatic rings. The van der Waals surface area contributed by atoms with Crippen LogP contribution in [-0.2, 0) is 33.3 Å². The maximum atomic E-state index is 14.5. The molecule has 6 rings (SSSR count). The normalized spacial score (nSPS) is 34.0. The number of hydrogen-bond donors (Lipinski definition) is 8. The Morgan fingerprint density at radius 2 is 1.43 bits per heavy atom. The van der Waals surface area contributed by atoms with E-state index in [-0.39, 0.29) is 39.7 Å². The monoisotopic (exact) mass is 752 g/mol. The third kappa shape index (κ3) is 6.26. The standard InChI is InChI=1S/C34H40O19/c1-45-15-7-13(8-16(46-2)23(15)37)20-21-12(6-17(47-3)25(39)29(21)48-4)5-14-22(20)32(44)49-10-19-24(38)27(41)28(42)33(50-19)53-34(11-36)30(51-31(14)43)26(40)18(9-35)52-34/h5-8,18-20,22,24,26-28,30,33,35-42H,9-11H2,1-4H3/t18-,19-,20+,22?,24-,26-,27+,28-,30+,33-,34+/m1/s1. The third-order valence-electron chi connectivity index (χ3n) is 9.84. The summed E-state index contributed by atoms with van der Waals surface area (Å²) in [6.45, 7) is -2.83. The predicted molar refractivity (Wildman–Crippen MR) is 172 cm³/mol. The van der Waals surface area contributed by atoms with Crippen molar-refractivity contribution in [3.8, 4) is 34.5 Å². The summed E-state index contributed by atoms with van der Waals surface area (Å²) in [6, 6.07) is 4.04. The van der Waals surface area contributed by atoms with E-state index in [0.29, 0.717) is 0 Å². The van der Waals surface area contributed by atoms with Crippen LogP contribution in [0.5, 0.6) is 34.5 Å². The van der Waals surface area contributed by atoms with Gasteiger partial charge in [-0.3, -0.25) is 4.79 Å². The molecule has 2 aromatic rings. The van der Waals surface area contributed by atoms with Crippen LogP contribution in [0, 0.1) is 5.92 Å². The van der Waals surface area contributed by atoms with Gasteiger partial charge in [0.25, 0.3) is 0 Å². The Balaban J connectivity index is 1.62. The average Bonchev–Trinajstić information content (AvgIpc) is 3.42. The molecule has 3 saturated heterocycles. The van der Waals surface area contributed by atoms with Crippen molar-refractivity contribution in [1.82, 2.24) is 0 Å². The lowest BCUT2D eigenvalue weighted by molar-refractivity contribution is -0.383. The number of fused-ring (bicyclic) bond motifs is 5. The van der Waals surface area contributed by atoms with Crippen molar-refractivity contribution in [2.24, 2.45) is 5.92 Å². The van der Waals surface area contributed by atoms with E-state index < -0.39 is 115 Å². The molecular formula is C34H40O19. The molecular weight excluding hydrogens is 712 g/mol. The zero-order valence-corrected chi connectivity index (χ0v) is 28.8. The smallest absolute Gasteiger partial charge is 0.335 e. The number of aliphatic hydroxyl groups excluding tert-OH is 6. The van der Waals surface area contributed by atoms with Gasteiger partial charge in [-0.2, -0.15) is 0 Å². The fraction of sp³-hybridized carbons (Fsp3) is 0.529. The van der Waals surface area contributed by atoms with Crippen LogP contribution in [0.3, 0.4) is 0 Å². The summed E-state index contributed by atoms with van der Waals surface area (Å²) in [5, 5.41) is 86.1. The van der Waals surface area contributed by atoms with Gasteiger partial charge in [0, 0.05) is 11.5 Å². The highest BCUT2D eigenvalue weighted by Crippen LogP contribution is 2.55. The van der Waals surface area contributed by atoms with Gasteiger partial charge < -0.3 is 83.5 Å². The lowest BCUT2D eigenvalue weighted by atomic mass is 9.70. The summed E-state index contributed by atoms with van der Waals surface area (Å²) in [4.78, 5) is 28.9. The summed E-state index contributed by atoms with van der Waals surface area (Å²) in [7, 11) is 5.04. The van der Waals surface area contributed by atoms with Crippen LogP contribution >= 0.6 is 0 Å². The van der Waals surface area contributed by atoms with Gasteiger partial charge in [0.2, 0.25) is 17.3 Å². The molecule has 290 valence electrons. The number of phenols is 2. The van der Waals surface area contributed by atoms with Crippen molar-refractivity contribution in [1.29, 1.82) is 0 Å². The van der Waals surface area contributed by atoms with Crippen LogP contribution in [0.1, 0.15) is 22.6 Å². The second-order valence-electron chi connectivity index (χ2n) is 12.7. The van der Waals surface area contributed by atoms with Crippen LogP contribution in [0.4, 0.5) is 0 Å². The van der Waals surface area contributed by atoms with E-state index in [1.165, 1.54) is 52.7 Å². The number of hydrogen-bond acceptors (Lipinski definition) is 19. The SMILES string of the molecule is COc1cc([C@H]2c3c(cc(OC)c(O)c3OC)C=C3C(=O)O[C@H]4[C@H](O)[C@@H](CO)O[C@@]4(CO)O[C@H]4O[C@H](COC(=O)C32)[C@@H](O)[C@H](O)[C@H]4O)cc(OC)c1O. The van der Waals surface area contributed by atoms with E-state index in [1.807, 2.05) is 0 Å². The summed E-state index contributed by atoms with van der Waals surface area (Å²) in [5.41, 5.74) is 0.00223. The van der Waals surface area contributed by atoms with Gasteiger partial charge in [0.1, 0.15) is 55.8 Å². The van der Waals surface area contributed by atoms with Crippen LogP contribution in [-0.4, -0.2) is 156 Å². The molecule has 19 heteroatoms.